The lowest BCUT2D eigenvalue weighted by Crippen LogP contribution is -2.52. The molecule has 2 rings (SSSR count). The summed E-state index contributed by atoms with van der Waals surface area (Å²) in [4.78, 5) is 16.7. The first-order valence-electron chi connectivity index (χ1n) is 6.91. The summed E-state index contributed by atoms with van der Waals surface area (Å²) >= 11 is 0. The summed E-state index contributed by atoms with van der Waals surface area (Å²) in [5, 5.41) is 8.90. The molecule has 0 aromatic rings. The third-order valence-electron chi connectivity index (χ3n) is 4.04. The van der Waals surface area contributed by atoms with Crippen LogP contribution in [-0.2, 0) is 4.79 Å². The minimum Gasteiger partial charge on any atom is -0.395 e. The molecule has 4 heteroatoms. The largest absolute Gasteiger partial charge is 0.395 e. The van der Waals surface area contributed by atoms with Crippen molar-refractivity contribution in [1.29, 1.82) is 0 Å². The molecule has 4 nitrogen and oxygen atoms in total. The summed E-state index contributed by atoms with van der Waals surface area (Å²) in [5.74, 6) is 0.457. The van der Waals surface area contributed by atoms with Crippen molar-refractivity contribution in [1.82, 2.24) is 9.80 Å². The van der Waals surface area contributed by atoms with Crippen molar-refractivity contribution < 1.29 is 9.90 Å². The van der Waals surface area contributed by atoms with Crippen molar-refractivity contribution in [3.63, 3.8) is 0 Å². The Morgan fingerprint density at radius 2 is 1.88 bits per heavy atom. The van der Waals surface area contributed by atoms with Crippen molar-refractivity contribution in [2.75, 3.05) is 39.3 Å². The highest BCUT2D eigenvalue weighted by Crippen LogP contribution is 2.20. The van der Waals surface area contributed by atoms with E-state index in [9.17, 15) is 4.79 Å². The van der Waals surface area contributed by atoms with Gasteiger partial charge in [0.2, 0.25) is 0 Å². The van der Waals surface area contributed by atoms with E-state index in [-0.39, 0.29) is 12.6 Å². The Balaban J connectivity index is 1.84. The molecule has 1 heterocycles. The highest BCUT2D eigenvalue weighted by molar-refractivity contribution is 5.84. The van der Waals surface area contributed by atoms with Crippen molar-refractivity contribution in [2.45, 2.75) is 38.1 Å². The van der Waals surface area contributed by atoms with Crippen molar-refractivity contribution in [3.8, 4) is 0 Å². The summed E-state index contributed by atoms with van der Waals surface area (Å²) in [7, 11) is 0. The maximum Gasteiger partial charge on any atom is 0.149 e. The Hall–Kier alpha value is -0.450. The third kappa shape index (κ3) is 3.50. The van der Waals surface area contributed by atoms with Crippen LogP contribution < -0.4 is 0 Å². The summed E-state index contributed by atoms with van der Waals surface area (Å²) < 4.78 is 0. The van der Waals surface area contributed by atoms with Crippen LogP contribution in [0.5, 0.6) is 0 Å². The van der Waals surface area contributed by atoms with Crippen molar-refractivity contribution in [3.05, 3.63) is 0 Å². The maximum absolute atomic E-state index is 12.0. The Kier molecular flexibility index (Phi) is 4.95. The Morgan fingerprint density at radius 1 is 1.12 bits per heavy atom. The van der Waals surface area contributed by atoms with Gasteiger partial charge < -0.3 is 5.11 Å². The molecule has 1 saturated carbocycles. The molecule has 0 bridgehead atoms. The second-order valence-corrected chi connectivity index (χ2v) is 5.18. The monoisotopic (exact) mass is 240 g/mol. The summed E-state index contributed by atoms with van der Waals surface area (Å²) in [5.41, 5.74) is 0. The van der Waals surface area contributed by atoms with Gasteiger partial charge in [-0.05, 0) is 12.8 Å². The number of rotatable bonds is 3. The molecule has 1 saturated heterocycles. The first-order valence-corrected chi connectivity index (χ1v) is 6.91. The number of ketones is 1. The molecular formula is C13H24N2O2. The van der Waals surface area contributed by atoms with Gasteiger partial charge in [-0.15, -0.1) is 0 Å². The van der Waals surface area contributed by atoms with E-state index in [0.717, 1.165) is 52.0 Å². The van der Waals surface area contributed by atoms with E-state index in [1.54, 1.807) is 0 Å². The lowest BCUT2D eigenvalue weighted by Gasteiger charge is -2.38. The normalized spacial score (nSPS) is 29.2. The van der Waals surface area contributed by atoms with Gasteiger partial charge in [-0.3, -0.25) is 14.6 Å². The molecule has 17 heavy (non-hydrogen) atoms. The average Bonchev–Trinajstić information content (AvgIpc) is 2.56. The number of aliphatic hydroxyl groups excluding tert-OH is 1. The standard InChI is InChI=1S/C13H24N2O2/c16-11-10-14-6-8-15(9-7-14)12-4-2-1-3-5-13(12)17/h12,16H,1-11H2/t12-/m0/s1. The molecule has 0 unspecified atom stereocenters. The van der Waals surface area contributed by atoms with E-state index in [0.29, 0.717) is 5.78 Å². The number of aliphatic hydroxyl groups is 1. The average molecular weight is 240 g/mol. The zero-order chi connectivity index (χ0) is 12.1. The minimum atomic E-state index is 0.189. The predicted molar refractivity (Wildman–Crippen MR) is 67.0 cm³/mol. The zero-order valence-electron chi connectivity index (χ0n) is 10.6. The topological polar surface area (TPSA) is 43.8 Å². The number of hydrogen-bond acceptors (Lipinski definition) is 4. The molecule has 0 aromatic heterocycles. The number of carbonyl (C=O) groups excluding carboxylic acids is 1. The molecule has 0 spiro atoms. The first kappa shape index (κ1) is 13.0. The first-order chi connectivity index (χ1) is 8.31. The van der Waals surface area contributed by atoms with Gasteiger partial charge in [-0.1, -0.05) is 12.8 Å². The Morgan fingerprint density at radius 3 is 2.59 bits per heavy atom. The van der Waals surface area contributed by atoms with Gasteiger partial charge in [-0.25, -0.2) is 0 Å². The molecule has 1 aliphatic carbocycles. The molecule has 0 aromatic carbocycles. The van der Waals surface area contributed by atoms with E-state index in [1.165, 1.54) is 12.8 Å². The summed E-state index contributed by atoms with van der Waals surface area (Å²) in [6.07, 6.45) is 5.33. The van der Waals surface area contributed by atoms with Crippen molar-refractivity contribution in [2.24, 2.45) is 0 Å². The highest BCUT2D eigenvalue weighted by Gasteiger charge is 2.29. The minimum absolute atomic E-state index is 0.189. The van der Waals surface area contributed by atoms with Crippen LogP contribution >= 0.6 is 0 Å². The van der Waals surface area contributed by atoms with Crippen LogP contribution in [-0.4, -0.2) is 66.1 Å². The Bertz CT molecular complexity index is 250. The molecule has 1 atom stereocenters. The zero-order valence-corrected chi connectivity index (χ0v) is 10.6. The molecule has 1 N–H and O–H groups in total. The lowest BCUT2D eigenvalue weighted by atomic mass is 10.0. The summed E-state index contributed by atoms with van der Waals surface area (Å²) in [6, 6.07) is 0.189. The summed E-state index contributed by atoms with van der Waals surface area (Å²) in [6.45, 7) is 4.95. The van der Waals surface area contributed by atoms with E-state index >= 15 is 0 Å². The second-order valence-electron chi connectivity index (χ2n) is 5.18. The van der Waals surface area contributed by atoms with Gasteiger partial charge in [0.25, 0.3) is 0 Å². The quantitative estimate of drug-likeness (QED) is 0.730. The van der Waals surface area contributed by atoms with Crippen LogP contribution in [0.2, 0.25) is 0 Å². The van der Waals surface area contributed by atoms with Gasteiger partial charge >= 0.3 is 0 Å². The van der Waals surface area contributed by atoms with E-state index in [1.807, 2.05) is 0 Å². The van der Waals surface area contributed by atoms with Crippen LogP contribution in [0.1, 0.15) is 32.1 Å². The van der Waals surface area contributed by atoms with Crippen LogP contribution in [0.3, 0.4) is 0 Å². The van der Waals surface area contributed by atoms with Crippen LogP contribution in [0.25, 0.3) is 0 Å². The predicted octanol–water partition coefficient (Wildman–Crippen LogP) is 0.498. The fourth-order valence-electron chi connectivity index (χ4n) is 2.97. The molecule has 1 aliphatic heterocycles. The smallest absolute Gasteiger partial charge is 0.149 e. The van der Waals surface area contributed by atoms with E-state index in [2.05, 4.69) is 9.80 Å². The van der Waals surface area contributed by atoms with E-state index < -0.39 is 0 Å². The maximum atomic E-state index is 12.0. The third-order valence-corrected chi connectivity index (χ3v) is 4.04. The molecule has 2 fully saturated rings. The van der Waals surface area contributed by atoms with Crippen LogP contribution in [0.4, 0.5) is 0 Å². The number of β-amino-alcohol motifs (C(OH)–C–C–N with tert-alkyl or cyclic N) is 1. The van der Waals surface area contributed by atoms with Gasteiger partial charge in [0.05, 0.1) is 12.6 Å². The van der Waals surface area contributed by atoms with Gasteiger partial charge in [0.1, 0.15) is 5.78 Å². The number of hydrogen-bond donors (Lipinski definition) is 1. The number of carbonyl (C=O) groups is 1. The molecule has 0 amide bonds. The second kappa shape index (κ2) is 6.47. The van der Waals surface area contributed by atoms with Gasteiger partial charge in [-0.2, -0.15) is 0 Å². The lowest BCUT2D eigenvalue weighted by molar-refractivity contribution is -0.125. The van der Waals surface area contributed by atoms with Crippen LogP contribution in [0, 0.1) is 0 Å². The molecule has 98 valence electrons. The molecule has 0 radical (unpaired) electrons. The van der Waals surface area contributed by atoms with Crippen molar-refractivity contribution >= 4 is 5.78 Å². The number of piperazine rings is 1. The Labute approximate surface area is 104 Å². The number of nitrogens with zero attached hydrogens (tertiary/aromatic N) is 2. The SMILES string of the molecule is O=C1CCCCC[C@@H]1N1CCN(CCO)CC1. The van der Waals surface area contributed by atoms with Crippen LogP contribution in [0.15, 0.2) is 0 Å². The molecular weight excluding hydrogens is 216 g/mol. The highest BCUT2D eigenvalue weighted by atomic mass is 16.3. The fourth-order valence-corrected chi connectivity index (χ4v) is 2.97. The van der Waals surface area contributed by atoms with E-state index in [4.69, 9.17) is 5.11 Å². The van der Waals surface area contributed by atoms with Gasteiger partial charge in [0.15, 0.2) is 0 Å². The van der Waals surface area contributed by atoms with Gasteiger partial charge in [0, 0.05) is 39.1 Å². The fraction of sp³-hybridized carbons (Fsp3) is 0.923. The molecule has 2 aliphatic rings. The number of Topliss-reactive ketones (excluding diaryl/α,β-unsaturated/α-hetero) is 1.